The average Bonchev–Trinajstić information content (AvgIpc) is 2.78. The van der Waals surface area contributed by atoms with E-state index in [9.17, 15) is 4.79 Å². The summed E-state index contributed by atoms with van der Waals surface area (Å²) in [5.41, 5.74) is 12.7. The molecule has 0 aliphatic carbocycles. The number of rotatable bonds is 5. The summed E-state index contributed by atoms with van der Waals surface area (Å²) in [6.07, 6.45) is 3.57. The van der Waals surface area contributed by atoms with Crippen LogP contribution >= 0.6 is 0 Å². The first-order valence-electron chi connectivity index (χ1n) is 6.53. The predicted octanol–water partition coefficient (Wildman–Crippen LogP) is 1.10. The fraction of sp³-hybridized carbons (Fsp3) is 0.500. The van der Waals surface area contributed by atoms with Crippen molar-refractivity contribution in [3.63, 3.8) is 0 Å². The van der Waals surface area contributed by atoms with Gasteiger partial charge in [0.2, 0.25) is 5.91 Å². The Morgan fingerprint density at radius 2 is 2.06 bits per heavy atom. The third-order valence-electron chi connectivity index (χ3n) is 3.62. The smallest absolute Gasteiger partial charge is 0.248 e. The number of benzene rings is 1. The maximum absolute atomic E-state index is 11.0. The molecule has 4 nitrogen and oxygen atoms in total. The molecule has 0 saturated carbocycles. The van der Waals surface area contributed by atoms with Crippen LogP contribution in [0.1, 0.15) is 35.2 Å². The van der Waals surface area contributed by atoms with Crippen molar-refractivity contribution in [2.75, 3.05) is 13.1 Å². The lowest BCUT2D eigenvalue weighted by Gasteiger charge is -2.24. The van der Waals surface area contributed by atoms with Gasteiger partial charge in [-0.25, -0.2) is 0 Å². The van der Waals surface area contributed by atoms with E-state index in [4.69, 9.17) is 11.5 Å². The Labute approximate surface area is 108 Å². The van der Waals surface area contributed by atoms with Crippen LogP contribution in [-0.4, -0.2) is 29.9 Å². The van der Waals surface area contributed by atoms with E-state index in [0.717, 1.165) is 26.1 Å². The molecule has 4 heteroatoms. The van der Waals surface area contributed by atoms with E-state index in [0.29, 0.717) is 11.6 Å². The molecule has 1 fully saturated rings. The van der Waals surface area contributed by atoms with Gasteiger partial charge in [0.15, 0.2) is 0 Å². The number of hydrogen-bond acceptors (Lipinski definition) is 3. The van der Waals surface area contributed by atoms with E-state index in [2.05, 4.69) is 4.90 Å². The summed E-state index contributed by atoms with van der Waals surface area (Å²) in [7, 11) is 0. The number of likely N-dealkylation sites (tertiary alicyclic amines) is 1. The highest BCUT2D eigenvalue weighted by Gasteiger charge is 2.23. The van der Waals surface area contributed by atoms with Gasteiger partial charge >= 0.3 is 0 Å². The van der Waals surface area contributed by atoms with E-state index in [1.165, 1.54) is 18.4 Å². The minimum atomic E-state index is -0.372. The van der Waals surface area contributed by atoms with Crippen molar-refractivity contribution >= 4 is 5.91 Å². The normalized spacial score (nSPS) is 20.2. The molecular weight excluding hydrogens is 226 g/mol. The number of nitrogens with zero attached hydrogens (tertiary/aromatic N) is 1. The zero-order valence-corrected chi connectivity index (χ0v) is 10.6. The molecule has 1 atom stereocenters. The number of amides is 1. The largest absolute Gasteiger partial charge is 0.366 e. The summed E-state index contributed by atoms with van der Waals surface area (Å²) in [5.74, 6) is -0.372. The Balaban J connectivity index is 1.98. The van der Waals surface area contributed by atoms with Crippen LogP contribution in [-0.2, 0) is 6.54 Å². The molecule has 0 unspecified atom stereocenters. The van der Waals surface area contributed by atoms with Crippen molar-refractivity contribution in [2.45, 2.75) is 31.8 Å². The standard InChI is InChI=1S/C14H21N3O/c15-8-7-13-2-1-9-17(13)10-11-3-5-12(6-4-11)14(16)18/h3-6,13H,1-2,7-10,15H2,(H2,16,18)/t13-/m0/s1. The van der Waals surface area contributed by atoms with Crippen LogP contribution in [0.15, 0.2) is 24.3 Å². The fourth-order valence-corrected chi connectivity index (χ4v) is 2.63. The van der Waals surface area contributed by atoms with E-state index < -0.39 is 0 Å². The first-order valence-corrected chi connectivity index (χ1v) is 6.53. The Morgan fingerprint density at radius 3 is 2.67 bits per heavy atom. The van der Waals surface area contributed by atoms with Gasteiger partial charge in [-0.2, -0.15) is 0 Å². The number of primary amides is 1. The van der Waals surface area contributed by atoms with E-state index in [1.54, 1.807) is 12.1 Å². The lowest BCUT2D eigenvalue weighted by molar-refractivity contribution is 0.100. The first-order chi connectivity index (χ1) is 8.70. The molecule has 1 aliphatic rings. The van der Waals surface area contributed by atoms with Crippen molar-refractivity contribution in [3.05, 3.63) is 35.4 Å². The lowest BCUT2D eigenvalue weighted by Crippen LogP contribution is -2.30. The second-order valence-electron chi connectivity index (χ2n) is 4.91. The van der Waals surface area contributed by atoms with Crippen molar-refractivity contribution in [1.29, 1.82) is 0 Å². The maximum Gasteiger partial charge on any atom is 0.248 e. The van der Waals surface area contributed by atoms with Crippen LogP contribution in [0.4, 0.5) is 0 Å². The molecule has 1 aliphatic heterocycles. The Morgan fingerprint density at radius 1 is 1.33 bits per heavy atom. The Bertz CT molecular complexity index is 402. The minimum absolute atomic E-state index is 0.372. The molecule has 2 rings (SSSR count). The molecule has 18 heavy (non-hydrogen) atoms. The van der Waals surface area contributed by atoms with Gasteiger partial charge in [-0.15, -0.1) is 0 Å². The summed E-state index contributed by atoms with van der Waals surface area (Å²) in [6, 6.07) is 8.18. The van der Waals surface area contributed by atoms with Crippen LogP contribution in [0.25, 0.3) is 0 Å². The maximum atomic E-state index is 11.0. The molecule has 1 aromatic rings. The summed E-state index contributed by atoms with van der Waals surface area (Å²) in [4.78, 5) is 13.5. The van der Waals surface area contributed by atoms with Crippen LogP contribution < -0.4 is 11.5 Å². The second kappa shape index (κ2) is 5.98. The van der Waals surface area contributed by atoms with Gasteiger partial charge in [-0.1, -0.05) is 12.1 Å². The zero-order valence-electron chi connectivity index (χ0n) is 10.6. The van der Waals surface area contributed by atoms with Gasteiger partial charge in [-0.05, 0) is 50.0 Å². The number of carbonyl (C=O) groups is 1. The number of hydrogen-bond donors (Lipinski definition) is 2. The molecule has 0 bridgehead atoms. The van der Waals surface area contributed by atoms with Gasteiger partial charge in [0.05, 0.1) is 0 Å². The highest BCUT2D eigenvalue weighted by atomic mass is 16.1. The minimum Gasteiger partial charge on any atom is -0.366 e. The van der Waals surface area contributed by atoms with E-state index in [-0.39, 0.29) is 5.91 Å². The molecule has 4 N–H and O–H groups in total. The predicted molar refractivity (Wildman–Crippen MR) is 72.1 cm³/mol. The molecule has 98 valence electrons. The van der Waals surface area contributed by atoms with Gasteiger partial charge < -0.3 is 11.5 Å². The topological polar surface area (TPSA) is 72.3 Å². The Kier molecular flexibility index (Phi) is 4.33. The van der Waals surface area contributed by atoms with Gasteiger partial charge in [-0.3, -0.25) is 9.69 Å². The quantitative estimate of drug-likeness (QED) is 0.818. The van der Waals surface area contributed by atoms with Gasteiger partial charge in [0, 0.05) is 18.2 Å². The zero-order chi connectivity index (χ0) is 13.0. The highest BCUT2D eigenvalue weighted by molar-refractivity contribution is 5.92. The molecule has 1 aromatic carbocycles. The van der Waals surface area contributed by atoms with E-state index >= 15 is 0 Å². The molecule has 0 radical (unpaired) electrons. The molecule has 1 saturated heterocycles. The van der Waals surface area contributed by atoms with E-state index in [1.807, 2.05) is 12.1 Å². The average molecular weight is 247 g/mol. The van der Waals surface area contributed by atoms with Crippen molar-refractivity contribution in [3.8, 4) is 0 Å². The Hall–Kier alpha value is -1.39. The highest BCUT2D eigenvalue weighted by Crippen LogP contribution is 2.22. The molecule has 1 amide bonds. The third-order valence-corrected chi connectivity index (χ3v) is 3.62. The summed E-state index contributed by atoms with van der Waals surface area (Å²) < 4.78 is 0. The SMILES string of the molecule is NCC[C@@H]1CCCN1Cc1ccc(C(N)=O)cc1. The molecule has 0 aromatic heterocycles. The van der Waals surface area contributed by atoms with Crippen molar-refractivity contribution in [2.24, 2.45) is 11.5 Å². The summed E-state index contributed by atoms with van der Waals surface area (Å²) >= 11 is 0. The summed E-state index contributed by atoms with van der Waals surface area (Å²) in [5, 5.41) is 0. The fourth-order valence-electron chi connectivity index (χ4n) is 2.63. The second-order valence-corrected chi connectivity index (χ2v) is 4.91. The van der Waals surface area contributed by atoms with Crippen LogP contribution in [0, 0.1) is 0 Å². The first kappa shape index (κ1) is 13.1. The van der Waals surface area contributed by atoms with Gasteiger partial charge in [0.1, 0.15) is 0 Å². The van der Waals surface area contributed by atoms with Crippen LogP contribution in [0.5, 0.6) is 0 Å². The molecule has 0 spiro atoms. The molecular formula is C14H21N3O. The lowest BCUT2D eigenvalue weighted by atomic mass is 10.1. The number of carbonyl (C=O) groups excluding carboxylic acids is 1. The van der Waals surface area contributed by atoms with Crippen molar-refractivity contribution in [1.82, 2.24) is 4.90 Å². The van der Waals surface area contributed by atoms with Crippen LogP contribution in [0.2, 0.25) is 0 Å². The van der Waals surface area contributed by atoms with Gasteiger partial charge in [0.25, 0.3) is 0 Å². The monoisotopic (exact) mass is 247 g/mol. The number of nitrogens with two attached hydrogens (primary N) is 2. The molecule has 1 heterocycles. The van der Waals surface area contributed by atoms with Crippen molar-refractivity contribution < 1.29 is 4.79 Å². The third kappa shape index (κ3) is 3.09. The van der Waals surface area contributed by atoms with Crippen LogP contribution in [0.3, 0.4) is 0 Å². The summed E-state index contributed by atoms with van der Waals surface area (Å²) in [6.45, 7) is 2.83.